The van der Waals surface area contributed by atoms with Crippen molar-refractivity contribution in [2.24, 2.45) is 0 Å². The lowest BCUT2D eigenvalue weighted by atomic mass is 9.87. The van der Waals surface area contributed by atoms with Crippen molar-refractivity contribution in [2.45, 2.75) is 44.6 Å². The maximum Gasteiger partial charge on any atom is 0.150 e. The fraction of sp³-hybridized carbons (Fsp3) is 0.727. The van der Waals surface area contributed by atoms with E-state index in [1.54, 1.807) is 0 Å². The SMILES string of the molecule is CNCc1cc(C2CCCCC2)no1. The maximum atomic E-state index is 5.25. The third-order valence-electron chi connectivity index (χ3n) is 2.95. The Balaban J connectivity index is 2.00. The molecule has 1 aliphatic rings. The molecule has 1 heterocycles. The summed E-state index contributed by atoms with van der Waals surface area (Å²) in [4.78, 5) is 0. The number of hydrogen-bond acceptors (Lipinski definition) is 3. The number of nitrogens with one attached hydrogen (secondary N) is 1. The molecule has 1 saturated carbocycles. The van der Waals surface area contributed by atoms with Crippen LogP contribution in [0.15, 0.2) is 10.6 Å². The van der Waals surface area contributed by atoms with Gasteiger partial charge in [-0.2, -0.15) is 0 Å². The highest BCUT2D eigenvalue weighted by Gasteiger charge is 2.18. The first-order valence-electron chi connectivity index (χ1n) is 5.50. The van der Waals surface area contributed by atoms with E-state index in [0.717, 1.165) is 18.0 Å². The van der Waals surface area contributed by atoms with Gasteiger partial charge >= 0.3 is 0 Å². The van der Waals surface area contributed by atoms with Crippen LogP contribution in [0.3, 0.4) is 0 Å². The van der Waals surface area contributed by atoms with E-state index in [4.69, 9.17) is 4.52 Å². The van der Waals surface area contributed by atoms with Gasteiger partial charge < -0.3 is 9.84 Å². The van der Waals surface area contributed by atoms with Crippen LogP contribution in [0.5, 0.6) is 0 Å². The predicted octanol–water partition coefficient (Wildman–Crippen LogP) is 2.44. The normalized spacial score (nSPS) is 18.6. The van der Waals surface area contributed by atoms with E-state index in [-0.39, 0.29) is 0 Å². The summed E-state index contributed by atoms with van der Waals surface area (Å²) in [6.07, 6.45) is 6.65. The van der Waals surface area contributed by atoms with E-state index in [1.807, 2.05) is 7.05 Å². The van der Waals surface area contributed by atoms with Crippen LogP contribution >= 0.6 is 0 Å². The molecule has 0 radical (unpaired) electrons. The molecule has 1 aliphatic carbocycles. The second kappa shape index (κ2) is 4.60. The fourth-order valence-corrected chi connectivity index (χ4v) is 2.18. The van der Waals surface area contributed by atoms with Crippen LogP contribution < -0.4 is 5.32 Å². The molecule has 0 atom stereocenters. The molecule has 0 aliphatic heterocycles. The summed E-state index contributed by atoms with van der Waals surface area (Å²) in [5.41, 5.74) is 1.16. The third kappa shape index (κ3) is 2.15. The minimum atomic E-state index is 0.651. The second-order valence-electron chi connectivity index (χ2n) is 4.08. The van der Waals surface area contributed by atoms with E-state index in [0.29, 0.717) is 5.92 Å². The van der Waals surface area contributed by atoms with Gasteiger partial charge in [-0.1, -0.05) is 24.4 Å². The Hall–Kier alpha value is -0.830. The van der Waals surface area contributed by atoms with Crippen molar-refractivity contribution in [3.05, 3.63) is 17.5 Å². The number of nitrogens with zero attached hydrogens (tertiary/aromatic N) is 1. The molecule has 0 saturated heterocycles. The number of rotatable bonds is 3. The van der Waals surface area contributed by atoms with E-state index >= 15 is 0 Å². The van der Waals surface area contributed by atoms with Gasteiger partial charge in [0.05, 0.1) is 12.2 Å². The van der Waals surface area contributed by atoms with Gasteiger partial charge in [0.25, 0.3) is 0 Å². The molecule has 0 unspecified atom stereocenters. The van der Waals surface area contributed by atoms with E-state index < -0.39 is 0 Å². The molecule has 1 aromatic heterocycles. The first kappa shape index (κ1) is 9.71. The van der Waals surface area contributed by atoms with Crippen LogP contribution in [0.25, 0.3) is 0 Å². The molecule has 3 heteroatoms. The summed E-state index contributed by atoms with van der Waals surface area (Å²) >= 11 is 0. The predicted molar refractivity (Wildman–Crippen MR) is 55.1 cm³/mol. The highest BCUT2D eigenvalue weighted by atomic mass is 16.5. The van der Waals surface area contributed by atoms with E-state index in [1.165, 1.54) is 32.1 Å². The molecular formula is C11H18N2O. The Kier molecular flexibility index (Phi) is 3.19. The topological polar surface area (TPSA) is 38.1 Å². The van der Waals surface area contributed by atoms with Crippen LogP contribution in [-0.4, -0.2) is 12.2 Å². The second-order valence-corrected chi connectivity index (χ2v) is 4.08. The van der Waals surface area contributed by atoms with Crippen molar-refractivity contribution >= 4 is 0 Å². The van der Waals surface area contributed by atoms with E-state index in [2.05, 4.69) is 16.5 Å². The van der Waals surface area contributed by atoms with Gasteiger partial charge in [0.15, 0.2) is 5.76 Å². The fourth-order valence-electron chi connectivity index (χ4n) is 2.18. The highest BCUT2D eigenvalue weighted by molar-refractivity contribution is 5.11. The van der Waals surface area contributed by atoms with Crippen molar-refractivity contribution in [3.63, 3.8) is 0 Å². The van der Waals surface area contributed by atoms with Crippen LogP contribution in [0.2, 0.25) is 0 Å². The van der Waals surface area contributed by atoms with Crippen LogP contribution in [0.4, 0.5) is 0 Å². The zero-order valence-electron chi connectivity index (χ0n) is 8.75. The monoisotopic (exact) mass is 194 g/mol. The van der Waals surface area contributed by atoms with Crippen molar-refractivity contribution < 1.29 is 4.52 Å². The van der Waals surface area contributed by atoms with Gasteiger partial charge in [0, 0.05) is 12.0 Å². The Morgan fingerprint density at radius 3 is 2.93 bits per heavy atom. The van der Waals surface area contributed by atoms with Crippen LogP contribution in [0.1, 0.15) is 49.5 Å². The molecule has 0 spiro atoms. The van der Waals surface area contributed by atoms with Gasteiger partial charge in [-0.3, -0.25) is 0 Å². The summed E-state index contributed by atoms with van der Waals surface area (Å²) in [7, 11) is 1.92. The van der Waals surface area contributed by atoms with Gasteiger partial charge in [-0.15, -0.1) is 0 Å². The lowest BCUT2D eigenvalue weighted by molar-refractivity contribution is 0.354. The Labute approximate surface area is 84.9 Å². The summed E-state index contributed by atoms with van der Waals surface area (Å²) in [6.45, 7) is 0.778. The first-order valence-corrected chi connectivity index (χ1v) is 5.50. The number of aromatic nitrogens is 1. The lowest BCUT2D eigenvalue weighted by Gasteiger charge is -2.18. The van der Waals surface area contributed by atoms with Crippen LogP contribution in [-0.2, 0) is 6.54 Å². The molecule has 78 valence electrons. The molecule has 1 fully saturated rings. The van der Waals surface area contributed by atoms with Crippen molar-refractivity contribution in [1.29, 1.82) is 0 Å². The summed E-state index contributed by atoms with van der Waals surface area (Å²) < 4.78 is 5.25. The molecule has 1 N–H and O–H groups in total. The van der Waals surface area contributed by atoms with E-state index in [9.17, 15) is 0 Å². The minimum absolute atomic E-state index is 0.651. The van der Waals surface area contributed by atoms with Crippen LogP contribution in [0, 0.1) is 0 Å². The molecule has 0 amide bonds. The zero-order valence-corrected chi connectivity index (χ0v) is 8.75. The average molecular weight is 194 g/mol. The highest BCUT2D eigenvalue weighted by Crippen LogP contribution is 2.31. The van der Waals surface area contributed by atoms with Crippen molar-refractivity contribution in [3.8, 4) is 0 Å². The van der Waals surface area contributed by atoms with Gasteiger partial charge in [0.2, 0.25) is 0 Å². The third-order valence-corrected chi connectivity index (χ3v) is 2.95. The summed E-state index contributed by atoms with van der Waals surface area (Å²) in [5.74, 6) is 1.60. The molecule has 14 heavy (non-hydrogen) atoms. The van der Waals surface area contributed by atoms with Gasteiger partial charge in [-0.05, 0) is 19.9 Å². The molecule has 0 bridgehead atoms. The Bertz CT molecular complexity index is 277. The van der Waals surface area contributed by atoms with Gasteiger partial charge in [0.1, 0.15) is 0 Å². The van der Waals surface area contributed by atoms with Crippen molar-refractivity contribution in [2.75, 3.05) is 7.05 Å². The summed E-state index contributed by atoms with van der Waals surface area (Å²) in [5, 5.41) is 7.21. The molecule has 2 rings (SSSR count). The largest absolute Gasteiger partial charge is 0.360 e. The number of hydrogen-bond donors (Lipinski definition) is 1. The molecule has 3 nitrogen and oxygen atoms in total. The quantitative estimate of drug-likeness (QED) is 0.803. The van der Waals surface area contributed by atoms with Crippen molar-refractivity contribution in [1.82, 2.24) is 10.5 Å². The molecular weight excluding hydrogens is 176 g/mol. The zero-order chi connectivity index (χ0) is 9.80. The Morgan fingerprint density at radius 1 is 1.43 bits per heavy atom. The Morgan fingerprint density at radius 2 is 2.21 bits per heavy atom. The summed E-state index contributed by atoms with van der Waals surface area (Å²) in [6, 6.07) is 2.10. The minimum Gasteiger partial charge on any atom is -0.360 e. The maximum absolute atomic E-state index is 5.25. The smallest absolute Gasteiger partial charge is 0.150 e. The average Bonchev–Trinajstić information content (AvgIpc) is 2.68. The van der Waals surface area contributed by atoms with Gasteiger partial charge in [-0.25, -0.2) is 0 Å². The standard InChI is InChI=1S/C11H18N2O/c1-12-8-10-7-11(13-14-10)9-5-3-2-4-6-9/h7,9,12H,2-6,8H2,1H3. The first-order chi connectivity index (χ1) is 6.90. The lowest BCUT2D eigenvalue weighted by Crippen LogP contribution is -2.05. The molecule has 0 aromatic carbocycles. The molecule has 1 aromatic rings.